The van der Waals surface area contributed by atoms with Gasteiger partial charge in [0.15, 0.2) is 0 Å². The Morgan fingerprint density at radius 3 is 1.81 bits per heavy atom. The topological polar surface area (TPSA) is 26.0 Å². The highest BCUT2D eigenvalue weighted by atomic mass is 19.4. The van der Waals surface area contributed by atoms with Crippen LogP contribution >= 0.6 is 0 Å². The zero-order valence-electron chi connectivity index (χ0n) is 9.04. The summed E-state index contributed by atoms with van der Waals surface area (Å²) in [7, 11) is 0. The first-order valence-corrected chi connectivity index (χ1v) is 4.88. The first kappa shape index (κ1) is 15.5. The summed E-state index contributed by atoms with van der Waals surface area (Å²) in [4.78, 5) is 0. The number of hydrogen-bond donors (Lipinski definition) is 1. The van der Waals surface area contributed by atoms with Gasteiger partial charge in [-0.15, -0.1) is 0 Å². The second-order valence-corrected chi connectivity index (χ2v) is 3.99. The molecule has 2 N–H and O–H groups in total. The zero-order valence-corrected chi connectivity index (χ0v) is 9.04. The van der Waals surface area contributed by atoms with Gasteiger partial charge in [0, 0.05) is 6.42 Å². The van der Waals surface area contributed by atoms with Crippen LogP contribution in [0.15, 0.2) is 0 Å². The van der Waals surface area contributed by atoms with Crippen LogP contribution in [0.5, 0.6) is 0 Å². The number of halogens is 6. The molecule has 2 unspecified atom stereocenters. The van der Waals surface area contributed by atoms with Crippen LogP contribution in [0.2, 0.25) is 0 Å². The van der Waals surface area contributed by atoms with E-state index in [1.54, 1.807) is 13.8 Å². The maximum atomic E-state index is 13.2. The fraction of sp³-hybridized carbons (Fsp3) is 1.00. The summed E-state index contributed by atoms with van der Waals surface area (Å²) in [6, 6.07) is 0. The molecule has 0 rings (SSSR count). The Labute approximate surface area is 90.0 Å². The van der Waals surface area contributed by atoms with E-state index in [-0.39, 0.29) is 12.3 Å². The quantitative estimate of drug-likeness (QED) is 0.586. The lowest BCUT2D eigenvalue weighted by atomic mass is 9.95. The molecule has 0 bridgehead atoms. The molecule has 0 saturated carbocycles. The first-order chi connectivity index (χ1) is 6.95. The molecule has 0 aliphatic rings. The summed E-state index contributed by atoms with van der Waals surface area (Å²) in [6.45, 7) is 3.35. The van der Waals surface area contributed by atoms with Crippen LogP contribution in [0.1, 0.15) is 33.1 Å². The lowest BCUT2D eigenvalue weighted by molar-refractivity contribution is -0.328. The van der Waals surface area contributed by atoms with Crippen LogP contribution < -0.4 is 5.73 Å². The average Bonchev–Trinajstić information content (AvgIpc) is 2.12. The largest absolute Gasteiger partial charge is 0.458 e. The molecule has 0 amide bonds. The molecule has 16 heavy (non-hydrogen) atoms. The summed E-state index contributed by atoms with van der Waals surface area (Å²) in [5.41, 5.74) is 4.45. The van der Waals surface area contributed by atoms with Crippen LogP contribution in [0, 0.1) is 5.92 Å². The second-order valence-electron chi connectivity index (χ2n) is 3.99. The van der Waals surface area contributed by atoms with Gasteiger partial charge in [0.1, 0.15) is 0 Å². The number of alkyl halides is 6. The third-order valence-electron chi connectivity index (χ3n) is 2.58. The molecule has 0 saturated heterocycles. The monoisotopic (exact) mass is 251 g/mol. The van der Waals surface area contributed by atoms with Gasteiger partial charge in [-0.2, -0.15) is 22.0 Å². The van der Waals surface area contributed by atoms with Crippen molar-refractivity contribution >= 4 is 0 Å². The normalized spacial score (nSPS) is 19.3. The molecule has 2 atom stereocenters. The fourth-order valence-electron chi connectivity index (χ4n) is 1.05. The van der Waals surface area contributed by atoms with Crippen molar-refractivity contribution in [2.75, 3.05) is 0 Å². The van der Waals surface area contributed by atoms with Crippen molar-refractivity contribution in [3.63, 3.8) is 0 Å². The van der Waals surface area contributed by atoms with Gasteiger partial charge in [0.2, 0.25) is 5.79 Å². The Kier molecular flexibility index (Phi) is 4.67. The molecule has 0 fully saturated rings. The van der Waals surface area contributed by atoms with Gasteiger partial charge in [-0.1, -0.05) is 20.3 Å². The number of nitrogens with two attached hydrogens (primary N) is 1. The van der Waals surface area contributed by atoms with Gasteiger partial charge < -0.3 is 0 Å². The van der Waals surface area contributed by atoms with Crippen LogP contribution in [0.25, 0.3) is 0 Å². The summed E-state index contributed by atoms with van der Waals surface area (Å²) >= 11 is 0. The van der Waals surface area contributed by atoms with Gasteiger partial charge in [0.25, 0.3) is 0 Å². The maximum absolute atomic E-state index is 13.2. The predicted octanol–water partition coefficient (Wildman–Crippen LogP) is 3.63. The highest BCUT2D eigenvalue weighted by Crippen LogP contribution is 2.45. The van der Waals surface area contributed by atoms with Crippen molar-refractivity contribution in [2.45, 2.75) is 51.0 Å². The minimum atomic E-state index is -5.97. The van der Waals surface area contributed by atoms with E-state index in [4.69, 9.17) is 0 Å². The highest BCUT2D eigenvalue weighted by Gasteiger charge is 2.69. The molecule has 7 heteroatoms. The van der Waals surface area contributed by atoms with Crippen LogP contribution in [0.4, 0.5) is 26.3 Å². The van der Waals surface area contributed by atoms with Gasteiger partial charge in [-0.3, -0.25) is 5.73 Å². The molecule has 0 aromatic carbocycles. The molecule has 0 aromatic heterocycles. The summed E-state index contributed by atoms with van der Waals surface area (Å²) in [6.07, 6.45) is -6.54. The summed E-state index contributed by atoms with van der Waals surface area (Å²) in [5.74, 6) is -9.72. The molecule has 0 heterocycles. The van der Waals surface area contributed by atoms with E-state index in [0.29, 0.717) is 6.42 Å². The number of hydrogen-bond acceptors (Lipinski definition) is 1. The minimum absolute atomic E-state index is 0.116. The highest BCUT2D eigenvalue weighted by molar-refractivity contribution is 4.94. The molecule has 0 radical (unpaired) electrons. The molecular weight excluding hydrogens is 236 g/mol. The van der Waals surface area contributed by atoms with Crippen molar-refractivity contribution in [1.29, 1.82) is 0 Å². The van der Waals surface area contributed by atoms with Crippen molar-refractivity contribution in [1.82, 2.24) is 0 Å². The molecule has 0 aromatic rings. The summed E-state index contributed by atoms with van der Waals surface area (Å²) in [5, 5.41) is 0. The third kappa shape index (κ3) is 3.26. The standard InChI is InChI=1S/C9H15F6N/c1-3-6(2)4-5-7(10,16)8(11,12)9(13,14)15/h6H,3-5,16H2,1-2H3. The van der Waals surface area contributed by atoms with E-state index in [9.17, 15) is 26.3 Å². The number of rotatable bonds is 5. The van der Waals surface area contributed by atoms with Crippen molar-refractivity contribution in [2.24, 2.45) is 11.7 Å². The molecule has 0 aliphatic carbocycles. The van der Waals surface area contributed by atoms with E-state index in [0.717, 1.165) is 0 Å². The molecule has 0 aliphatic heterocycles. The Balaban J connectivity index is 4.65. The SMILES string of the molecule is CCC(C)CCC(N)(F)C(F)(F)C(F)(F)F. The van der Waals surface area contributed by atoms with Gasteiger partial charge in [0.05, 0.1) is 0 Å². The maximum Gasteiger partial charge on any atom is 0.458 e. The lowest BCUT2D eigenvalue weighted by Gasteiger charge is -2.31. The van der Waals surface area contributed by atoms with E-state index < -0.39 is 24.3 Å². The first-order valence-electron chi connectivity index (χ1n) is 4.88. The van der Waals surface area contributed by atoms with E-state index in [1.165, 1.54) is 0 Å². The van der Waals surface area contributed by atoms with Crippen molar-refractivity contribution in [3.8, 4) is 0 Å². The minimum Gasteiger partial charge on any atom is -0.294 e. The van der Waals surface area contributed by atoms with Gasteiger partial charge in [-0.25, -0.2) is 4.39 Å². The predicted molar refractivity (Wildman–Crippen MR) is 47.7 cm³/mol. The Morgan fingerprint density at radius 1 is 1.06 bits per heavy atom. The Morgan fingerprint density at radius 2 is 1.50 bits per heavy atom. The fourth-order valence-corrected chi connectivity index (χ4v) is 1.05. The van der Waals surface area contributed by atoms with Crippen LogP contribution in [-0.4, -0.2) is 17.9 Å². The zero-order chi connectivity index (χ0) is 13.2. The van der Waals surface area contributed by atoms with E-state index in [1.807, 2.05) is 0 Å². The Hall–Kier alpha value is -0.460. The van der Waals surface area contributed by atoms with Crippen LogP contribution in [0.3, 0.4) is 0 Å². The van der Waals surface area contributed by atoms with E-state index in [2.05, 4.69) is 5.73 Å². The van der Waals surface area contributed by atoms with Crippen molar-refractivity contribution < 1.29 is 26.3 Å². The molecule has 0 spiro atoms. The van der Waals surface area contributed by atoms with E-state index >= 15 is 0 Å². The summed E-state index contributed by atoms with van der Waals surface area (Å²) < 4.78 is 74.0. The smallest absolute Gasteiger partial charge is 0.294 e. The molecular formula is C9H15F6N. The van der Waals surface area contributed by atoms with Crippen molar-refractivity contribution in [3.05, 3.63) is 0 Å². The van der Waals surface area contributed by atoms with Gasteiger partial charge >= 0.3 is 12.1 Å². The average molecular weight is 251 g/mol. The lowest BCUT2D eigenvalue weighted by Crippen LogP contribution is -2.59. The van der Waals surface area contributed by atoms with Crippen LogP contribution in [-0.2, 0) is 0 Å². The third-order valence-corrected chi connectivity index (χ3v) is 2.58. The molecule has 98 valence electrons. The van der Waals surface area contributed by atoms with Gasteiger partial charge in [-0.05, 0) is 12.3 Å². The Bertz CT molecular complexity index is 223. The second kappa shape index (κ2) is 4.81. The molecule has 1 nitrogen and oxygen atoms in total.